The first-order chi connectivity index (χ1) is 6.19. The first kappa shape index (κ1) is 11.8. The molecule has 2 heteroatoms. The molecule has 1 heterocycles. The van der Waals surface area contributed by atoms with Crippen LogP contribution in [0.25, 0.3) is 0 Å². The zero-order valence-corrected chi connectivity index (χ0v) is 10.9. The Morgan fingerprint density at radius 1 is 1.15 bits per heavy atom. The van der Waals surface area contributed by atoms with Crippen molar-refractivity contribution in [2.75, 3.05) is 0 Å². The zero-order chi connectivity index (χ0) is 9.84. The molecule has 0 aromatic heterocycles. The molecule has 1 fully saturated rings. The van der Waals surface area contributed by atoms with E-state index < -0.39 is 0 Å². The number of hydrogen-bond donors (Lipinski definition) is 0. The molecule has 1 aliphatic heterocycles. The molecule has 0 aliphatic carbocycles. The molecule has 13 heavy (non-hydrogen) atoms. The van der Waals surface area contributed by atoms with Gasteiger partial charge in [-0.05, 0) is 24.7 Å². The van der Waals surface area contributed by atoms with Crippen LogP contribution in [0.4, 0.5) is 0 Å². The van der Waals surface area contributed by atoms with Crippen LogP contribution in [0.1, 0.15) is 47.0 Å². The van der Waals surface area contributed by atoms with Gasteiger partial charge in [-0.3, -0.25) is 0 Å². The molecule has 0 aromatic carbocycles. The Balaban J connectivity index is 2.47. The Morgan fingerprint density at radius 3 is 2.31 bits per heavy atom. The van der Waals surface area contributed by atoms with E-state index in [2.05, 4.69) is 49.3 Å². The summed E-state index contributed by atoms with van der Waals surface area (Å²) in [6.45, 7) is 9.40. The van der Waals surface area contributed by atoms with Gasteiger partial charge < -0.3 is 0 Å². The quantitative estimate of drug-likeness (QED) is 0.635. The minimum atomic E-state index is 0.851. The Labute approximate surface area is 91.0 Å². The molecule has 1 saturated heterocycles. The van der Waals surface area contributed by atoms with Crippen LogP contribution >= 0.6 is 21.6 Å². The van der Waals surface area contributed by atoms with Crippen molar-refractivity contribution in [1.82, 2.24) is 0 Å². The predicted molar refractivity (Wildman–Crippen MR) is 66.3 cm³/mol. The second kappa shape index (κ2) is 5.55. The summed E-state index contributed by atoms with van der Waals surface area (Å²) < 4.78 is 0. The zero-order valence-electron chi connectivity index (χ0n) is 9.25. The van der Waals surface area contributed by atoms with Gasteiger partial charge >= 0.3 is 0 Å². The van der Waals surface area contributed by atoms with Crippen LogP contribution in [0.15, 0.2) is 0 Å². The van der Waals surface area contributed by atoms with Crippen LogP contribution in [0.5, 0.6) is 0 Å². The molecule has 0 radical (unpaired) electrons. The maximum atomic E-state index is 2.36. The fraction of sp³-hybridized carbons (Fsp3) is 1.00. The summed E-state index contributed by atoms with van der Waals surface area (Å²) in [6.07, 6.45) is 4.17. The van der Waals surface area contributed by atoms with Gasteiger partial charge in [0.25, 0.3) is 0 Å². The summed E-state index contributed by atoms with van der Waals surface area (Å²) in [7, 11) is 4.29. The highest BCUT2D eigenvalue weighted by atomic mass is 33.1. The van der Waals surface area contributed by atoms with Crippen molar-refractivity contribution < 1.29 is 0 Å². The fourth-order valence-electron chi connectivity index (χ4n) is 1.92. The number of rotatable bonds is 3. The van der Waals surface area contributed by atoms with Crippen molar-refractivity contribution in [2.45, 2.75) is 57.5 Å². The van der Waals surface area contributed by atoms with E-state index in [1.807, 2.05) is 0 Å². The summed E-state index contributed by atoms with van der Waals surface area (Å²) >= 11 is 0. The lowest BCUT2D eigenvalue weighted by molar-refractivity contribution is 0.403. The molecule has 1 aliphatic rings. The molecule has 0 bridgehead atoms. The van der Waals surface area contributed by atoms with E-state index in [1.165, 1.54) is 19.3 Å². The van der Waals surface area contributed by atoms with Crippen molar-refractivity contribution in [3.63, 3.8) is 0 Å². The lowest BCUT2D eigenvalue weighted by atomic mass is 9.91. The summed E-state index contributed by atoms with van der Waals surface area (Å²) in [4.78, 5) is 0. The fourth-order valence-corrected chi connectivity index (χ4v) is 5.99. The topological polar surface area (TPSA) is 0 Å². The third-order valence-electron chi connectivity index (χ3n) is 3.03. The highest BCUT2D eigenvalue weighted by Gasteiger charge is 2.30. The lowest BCUT2D eigenvalue weighted by Gasteiger charge is -2.35. The van der Waals surface area contributed by atoms with Gasteiger partial charge in [0.2, 0.25) is 0 Å². The molecule has 78 valence electrons. The van der Waals surface area contributed by atoms with Crippen molar-refractivity contribution in [3.05, 3.63) is 0 Å². The van der Waals surface area contributed by atoms with Crippen molar-refractivity contribution in [2.24, 2.45) is 11.8 Å². The van der Waals surface area contributed by atoms with Crippen molar-refractivity contribution in [3.8, 4) is 0 Å². The molecule has 0 nitrogen and oxygen atoms in total. The van der Waals surface area contributed by atoms with Gasteiger partial charge in [-0.15, -0.1) is 0 Å². The maximum Gasteiger partial charge on any atom is 0.0177 e. The second-order valence-electron chi connectivity index (χ2n) is 4.33. The molecule has 0 spiro atoms. The molecule has 0 N–H and O–H groups in total. The first-order valence-electron chi connectivity index (χ1n) is 5.51. The SMILES string of the molecule is CCC1CC(C(C)C)SSC1CC. The van der Waals surface area contributed by atoms with E-state index in [-0.39, 0.29) is 0 Å². The van der Waals surface area contributed by atoms with Gasteiger partial charge in [0.1, 0.15) is 0 Å². The van der Waals surface area contributed by atoms with Gasteiger partial charge in [0.05, 0.1) is 0 Å². The van der Waals surface area contributed by atoms with Gasteiger partial charge in [-0.25, -0.2) is 0 Å². The van der Waals surface area contributed by atoms with Crippen LogP contribution in [0.3, 0.4) is 0 Å². The van der Waals surface area contributed by atoms with Crippen molar-refractivity contribution >= 4 is 21.6 Å². The largest absolute Gasteiger partial charge is 0.0902 e. The van der Waals surface area contributed by atoms with Gasteiger partial charge in [-0.1, -0.05) is 55.7 Å². The van der Waals surface area contributed by atoms with Crippen LogP contribution in [0, 0.1) is 11.8 Å². The molecule has 0 amide bonds. The minimum absolute atomic E-state index is 0.851. The Bertz CT molecular complexity index is 145. The van der Waals surface area contributed by atoms with Gasteiger partial charge in [0, 0.05) is 10.5 Å². The van der Waals surface area contributed by atoms with E-state index in [4.69, 9.17) is 0 Å². The van der Waals surface area contributed by atoms with E-state index in [0.29, 0.717) is 0 Å². The monoisotopic (exact) mass is 218 g/mol. The van der Waals surface area contributed by atoms with Gasteiger partial charge in [-0.2, -0.15) is 0 Å². The van der Waals surface area contributed by atoms with Gasteiger partial charge in [0.15, 0.2) is 0 Å². The first-order valence-corrected chi connectivity index (χ1v) is 7.78. The average Bonchev–Trinajstić information content (AvgIpc) is 2.16. The van der Waals surface area contributed by atoms with Crippen LogP contribution in [-0.4, -0.2) is 10.5 Å². The van der Waals surface area contributed by atoms with E-state index in [0.717, 1.165) is 22.3 Å². The normalized spacial score (nSPS) is 35.3. The summed E-state index contributed by atoms with van der Waals surface area (Å²) in [5, 5.41) is 1.82. The smallest absolute Gasteiger partial charge is 0.0177 e. The highest BCUT2D eigenvalue weighted by molar-refractivity contribution is 8.77. The third kappa shape index (κ3) is 3.09. The Kier molecular flexibility index (Phi) is 5.03. The maximum absolute atomic E-state index is 2.36. The molecule has 3 unspecified atom stereocenters. The average molecular weight is 218 g/mol. The lowest BCUT2D eigenvalue weighted by Crippen LogP contribution is -2.27. The van der Waals surface area contributed by atoms with E-state index in [9.17, 15) is 0 Å². The van der Waals surface area contributed by atoms with Crippen molar-refractivity contribution in [1.29, 1.82) is 0 Å². The minimum Gasteiger partial charge on any atom is -0.0902 e. The molecule has 3 atom stereocenters. The highest BCUT2D eigenvalue weighted by Crippen LogP contribution is 2.48. The van der Waals surface area contributed by atoms with Crippen LogP contribution in [-0.2, 0) is 0 Å². The molecular weight excluding hydrogens is 196 g/mol. The summed E-state index contributed by atoms with van der Waals surface area (Å²) in [6, 6.07) is 0. The predicted octanol–water partition coefficient (Wildman–Crippen LogP) is 4.60. The molecular formula is C11H22S2. The Morgan fingerprint density at radius 2 is 1.85 bits per heavy atom. The molecule has 0 aromatic rings. The van der Waals surface area contributed by atoms with E-state index in [1.54, 1.807) is 0 Å². The Hall–Kier alpha value is 0.700. The molecule has 1 rings (SSSR count). The van der Waals surface area contributed by atoms with Crippen LogP contribution < -0.4 is 0 Å². The van der Waals surface area contributed by atoms with Crippen LogP contribution in [0.2, 0.25) is 0 Å². The standard InChI is InChI=1S/C11H22S2/c1-5-9-7-11(8(3)4)13-12-10(9)6-2/h8-11H,5-7H2,1-4H3. The summed E-state index contributed by atoms with van der Waals surface area (Å²) in [5.74, 6) is 1.83. The van der Waals surface area contributed by atoms with E-state index >= 15 is 0 Å². The third-order valence-corrected chi connectivity index (χ3v) is 6.91. The number of hydrogen-bond acceptors (Lipinski definition) is 2. The molecule has 0 saturated carbocycles. The summed E-state index contributed by atoms with van der Waals surface area (Å²) in [5.41, 5.74) is 0. The second-order valence-corrected chi connectivity index (χ2v) is 7.08.